The molecule has 2 aromatic carbocycles. The first-order chi connectivity index (χ1) is 12.6. The quantitative estimate of drug-likeness (QED) is 0.323. The maximum absolute atomic E-state index is 11.1. The van der Waals surface area contributed by atoms with Crippen molar-refractivity contribution in [2.24, 2.45) is 5.10 Å². The highest BCUT2D eigenvalue weighted by Gasteiger charge is 2.09. The molecule has 0 bridgehead atoms. The molecule has 26 heavy (non-hydrogen) atoms. The van der Waals surface area contributed by atoms with Crippen molar-refractivity contribution in [1.29, 1.82) is 0 Å². The number of carbonyl (C=O) groups excluding carboxylic acids is 1. The van der Waals surface area contributed by atoms with Crippen LogP contribution in [0.3, 0.4) is 0 Å². The summed E-state index contributed by atoms with van der Waals surface area (Å²) in [7, 11) is 1.50. The summed E-state index contributed by atoms with van der Waals surface area (Å²) < 4.78 is 12.3. The number of H-pyrrole nitrogens is 1. The maximum atomic E-state index is 11.1. The van der Waals surface area contributed by atoms with Gasteiger partial charge in [0.1, 0.15) is 0 Å². The van der Waals surface area contributed by atoms with Crippen LogP contribution < -0.4 is 9.47 Å². The Morgan fingerprint density at radius 1 is 1.23 bits per heavy atom. The SMILES string of the molecule is COc1cc(C=Nn2c(-c3ccccc3)n[nH]c2=S)ccc1OC(C)=O. The van der Waals surface area contributed by atoms with Crippen LogP contribution in [0.25, 0.3) is 11.4 Å². The molecule has 1 N–H and O–H groups in total. The first-order valence-electron chi connectivity index (χ1n) is 7.72. The van der Waals surface area contributed by atoms with Gasteiger partial charge in [-0.15, -0.1) is 0 Å². The second kappa shape index (κ2) is 7.75. The molecule has 1 aromatic heterocycles. The molecule has 8 heteroatoms. The summed E-state index contributed by atoms with van der Waals surface area (Å²) in [6, 6.07) is 14.7. The summed E-state index contributed by atoms with van der Waals surface area (Å²) in [5.41, 5.74) is 1.64. The van der Waals surface area contributed by atoms with Crippen molar-refractivity contribution in [3.05, 3.63) is 58.9 Å². The molecule has 1 heterocycles. The van der Waals surface area contributed by atoms with Crippen LogP contribution in [0.5, 0.6) is 11.5 Å². The van der Waals surface area contributed by atoms with E-state index in [1.807, 2.05) is 30.3 Å². The Bertz CT molecular complexity index is 1010. The number of ether oxygens (including phenoxy) is 2. The summed E-state index contributed by atoms with van der Waals surface area (Å²) in [5, 5.41) is 11.4. The number of rotatable bonds is 5. The molecule has 0 aliphatic rings. The van der Waals surface area contributed by atoms with Crippen molar-refractivity contribution in [1.82, 2.24) is 14.9 Å². The predicted molar refractivity (Wildman–Crippen MR) is 100 cm³/mol. The minimum atomic E-state index is -0.415. The van der Waals surface area contributed by atoms with Crippen molar-refractivity contribution in [2.45, 2.75) is 6.92 Å². The van der Waals surface area contributed by atoms with Gasteiger partial charge in [0.2, 0.25) is 4.77 Å². The topological polar surface area (TPSA) is 81.5 Å². The van der Waals surface area contributed by atoms with E-state index < -0.39 is 5.97 Å². The third-order valence-corrected chi connectivity index (χ3v) is 3.71. The van der Waals surface area contributed by atoms with Crippen LogP contribution >= 0.6 is 12.2 Å². The average Bonchev–Trinajstić information content (AvgIpc) is 3.01. The van der Waals surface area contributed by atoms with E-state index in [1.54, 1.807) is 24.4 Å². The zero-order valence-corrected chi connectivity index (χ0v) is 15.0. The highest BCUT2D eigenvalue weighted by atomic mass is 32.1. The van der Waals surface area contributed by atoms with E-state index in [9.17, 15) is 4.79 Å². The van der Waals surface area contributed by atoms with Gasteiger partial charge in [0.25, 0.3) is 0 Å². The number of esters is 1. The van der Waals surface area contributed by atoms with Crippen LogP contribution in [0.1, 0.15) is 12.5 Å². The normalized spacial score (nSPS) is 10.8. The lowest BCUT2D eigenvalue weighted by Gasteiger charge is -2.08. The van der Waals surface area contributed by atoms with E-state index in [2.05, 4.69) is 15.3 Å². The maximum Gasteiger partial charge on any atom is 0.308 e. The Morgan fingerprint density at radius 2 is 2.00 bits per heavy atom. The Kier molecular flexibility index (Phi) is 5.23. The van der Waals surface area contributed by atoms with Gasteiger partial charge in [-0.1, -0.05) is 30.3 Å². The smallest absolute Gasteiger partial charge is 0.308 e. The van der Waals surface area contributed by atoms with Crippen molar-refractivity contribution >= 4 is 24.4 Å². The second-order valence-electron chi connectivity index (χ2n) is 5.28. The van der Waals surface area contributed by atoms with Crippen molar-refractivity contribution < 1.29 is 14.3 Å². The Hall–Kier alpha value is -3.26. The molecule has 0 aliphatic carbocycles. The monoisotopic (exact) mass is 368 g/mol. The van der Waals surface area contributed by atoms with Gasteiger partial charge in [0.05, 0.1) is 13.3 Å². The first kappa shape index (κ1) is 17.6. The van der Waals surface area contributed by atoms with E-state index in [0.29, 0.717) is 22.1 Å². The van der Waals surface area contributed by atoms with Gasteiger partial charge in [-0.2, -0.15) is 14.9 Å². The third-order valence-electron chi connectivity index (χ3n) is 3.45. The van der Waals surface area contributed by atoms with E-state index in [1.165, 1.54) is 18.7 Å². The van der Waals surface area contributed by atoms with Gasteiger partial charge in [-0.05, 0) is 36.0 Å². The highest BCUT2D eigenvalue weighted by molar-refractivity contribution is 7.71. The molecule has 0 spiro atoms. The third kappa shape index (κ3) is 3.86. The molecule has 0 amide bonds. The van der Waals surface area contributed by atoms with Crippen molar-refractivity contribution in [2.75, 3.05) is 7.11 Å². The predicted octanol–water partition coefficient (Wildman–Crippen LogP) is 3.42. The summed E-state index contributed by atoms with van der Waals surface area (Å²) in [6.45, 7) is 1.33. The number of hydrogen-bond acceptors (Lipinski definition) is 6. The van der Waals surface area contributed by atoms with Gasteiger partial charge >= 0.3 is 5.97 Å². The summed E-state index contributed by atoms with van der Waals surface area (Å²) in [4.78, 5) is 11.1. The van der Waals surface area contributed by atoms with Crippen LogP contribution in [-0.4, -0.2) is 34.2 Å². The molecule has 0 fully saturated rings. The molecule has 0 unspecified atom stereocenters. The Labute approximate surface area is 154 Å². The number of nitrogens with one attached hydrogen (secondary N) is 1. The number of nitrogens with zero attached hydrogens (tertiary/aromatic N) is 3. The van der Waals surface area contributed by atoms with E-state index >= 15 is 0 Å². The van der Waals surface area contributed by atoms with E-state index in [-0.39, 0.29) is 0 Å². The van der Waals surface area contributed by atoms with Crippen molar-refractivity contribution in [3.63, 3.8) is 0 Å². The van der Waals surface area contributed by atoms with Crippen LogP contribution in [0.4, 0.5) is 0 Å². The lowest BCUT2D eigenvalue weighted by Crippen LogP contribution is -2.03. The average molecular weight is 368 g/mol. The summed E-state index contributed by atoms with van der Waals surface area (Å²) in [6.07, 6.45) is 1.62. The molecule has 0 saturated carbocycles. The molecular weight excluding hydrogens is 352 g/mol. The fraction of sp³-hybridized carbons (Fsp3) is 0.111. The van der Waals surface area contributed by atoms with Gasteiger partial charge in [-0.25, -0.2) is 5.10 Å². The second-order valence-corrected chi connectivity index (χ2v) is 5.67. The van der Waals surface area contributed by atoms with Gasteiger partial charge in [0.15, 0.2) is 17.3 Å². The molecular formula is C18H16N4O3S. The summed E-state index contributed by atoms with van der Waals surface area (Å²) >= 11 is 5.25. The fourth-order valence-corrected chi connectivity index (χ4v) is 2.48. The molecule has 3 aromatic rings. The molecule has 0 radical (unpaired) electrons. The van der Waals surface area contributed by atoms with Gasteiger partial charge < -0.3 is 9.47 Å². The van der Waals surface area contributed by atoms with Crippen molar-refractivity contribution in [3.8, 4) is 22.9 Å². The van der Waals surface area contributed by atoms with Crippen LogP contribution in [0, 0.1) is 4.77 Å². The first-order valence-corrected chi connectivity index (χ1v) is 8.13. The largest absolute Gasteiger partial charge is 0.493 e. The minimum absolute atomic E-state index is 0.349. The molecule has 0 atom stereocenters. The lowest BCUT2D eigenvalue weighted by molar-refractivity contribution is -0.132. The van der Waals surface area contributed by atoms with Crippen LogP contribution in [0.2, 0.25) is 0 Å². The molecule has 3 rings (SSSR count). The lowest BCUT2D eigenvalue weighted by atomic mass is 10.2. The van der Waals surface area contributed by atoms with Gasteiger partial charge in [0, 0.05) is 12.5 Å². The zero-order valence-electron chi connectivity index (χ0n) is 14.2. The van der Waals surface area contributed by atoms with E-state index in [4.69, 9.17) is 21.7 Å². The molecule has 0 aliphatic heterocycles. The Balaban J connectivity index is 1.93. The van der Waals surface area contributed by atoms with Crippen LogP contribution in [0.15, 0.2) is 53.6 Å². The summed E-state index contributed by atoms with van der Waals surface area (Å²) in [5.74, 6) is 0.975. The molecule has 132 valence electrons. The Morgan fingerprint density at radius 3 is 2.69 bits per heavy atom. The van der Waals surface area contributed by atoms with Gasteiger partial charge in [-0.3, -0.25) is 4.79 Å². The fourth-order valence-electron chi connectivity index (χ4n) is 2.30. The number of aromatic nitrogens is 3. The highest BCUT2D eigenvalue weighted by Crippen LogP contribution is 2.27. The standard InChI is InChI=1S/C18H16N4O3S/c1-12(23)25-15-9-8-13(10-16(15)24-2)11-19-22-17(20-21-18(22)26)14-6-4-3-5-7-14/h3-11H,1-2H3,(H,21,26). The number of methoxy groups -OCH3 is 1. The van der Waals surface area contributed by atoms with Crippen LogP contribution in [-0.2, 0) is 4.79 Å². The number of benzene rings is 2. The minimum Gasteiger partial charge on any atom is -0.493 e. The van der Waals surface area contributed by atoms with E-state index in [0.717, 1.165) is 11.1 Å². The number of hydrogen-bond donors (Lipinski definition) is 1. The molecule has 7 nitrogen and oxygen atoms in total. The zero-order chi connectivity index (χ0) is 18.5. The number of aromatic amines is 1. The number of carbonyl (C=O) groups is 1. The molecule has 0 saturated heterocycles.